The van der Waals surface area contributed by atoms with Crippen LogP contribution in [0.15, 0.2) is 0 Å². The van der Waals surface area contributed by atoms with Crippen molar-refractivity contribution in [1.82, 2.24) is 0 Å². The van der Waals surface area contributed by atoms with Crippen LogP contribution in [0.5, 0.6) is 0 Å². The normalized spacial score (nSPS) is 23.8. The fraction of sp³-hybridized carbons (Fsp3) is 0.900. The Morgan fingerprint density at radius 2 is 2.07 bits per heavy atom. The Balaban J connectivity index is 2.65. The summed E-state index contributed by atoms with van der Waals surface area (Å²) in [4.78, 5) is 11.4. The van der Waals surface area contributed by atoms with E-state index in [-0.39, 0.29) is 11.5 Å². The lowest BCUT2D eigenvalue weighted by atomic mass is 9.99. The Labute approximate surface area is 85.8 Å². The Morgan fingerprint density at radius 3 is 2.64 bits per heavy atom. The van der Waals surface area contributed by atoms with E-state index in [0.717, 1.165) is 19.3 Å². The molecule has 1 atom stereocenters. The van der Waals surface area contributed by atoms with Crippen LogP contribution >= 0.6 is 0 Å². The van der Waals surface area contributed by atoms with Crippen LogP contribution in [0.1, 0.15) is 45.4 Å². The zero-order valence-electron chi connectivity index (χ0n) is 8.66. The van der Waals surface area contributed by atoms with Crippen molar-refractivity contribution in [3.8, 4) is 0 Å². The number of sulfone groups is 1. The monoisotopic (exact) mass is 218 g/mol. The molecule has 0 amide bonds. The number of ketones is 1. The van der Waals surface area contributed by atoms with Gasteiger partial charge in [0, 0.05) is 6.42 Å². The topological polar surface area (TPSA) is 51.2 Å². The molecule has 1 aliphatic rings. The SMILES string of the molecule is CCCCS(=O)(=O)C1CCCCC1=O. The molecule has 0 aliphatic heterocycles. The van der Waals surface area contributed by atoms with Gasteiger partial charge in [-0.05, 0) is 19.3 Å². The summed E-state index contributed by atoms with van der Waals surface area (Å²) < 4.78 is 23.5. The van der Waals surface area contributed by atoms with E-state index < -0.39 is 15.1 Å². The molecule has 1 saturated carbocycles. The zero-order valence-corrected chi connectivity index (χ0v) is 9.48. The maximum absolute atomic E-state index is 11.7. The maximum atomic E-state index is 11.7. The number of hydrogen-bond acceptors (Lipinski definition) is 3. The van der Waals surface area contributed by atoms with E-state index in [0.29, 0.717) is 19.3 Å². The predicted molar refractivity (Wildman–Crippen MR) is 56.0 cm³/mol. The van der Waals surface area contributed by atoms with Gasteiger partial charge in [0.2, 0.25) is 0 Å². The van der Waals surface area contributed by atoms with E-state index >= 15 is 0 Å². The third-order valence-corrected chi connectivity index (χ3v) is 4.94. The van der Waals surface area contributed by atoms with Crippen LogP contribution in [-0.2, 0) is 14.6 Å². The van der Waals surface area contributed by atoms with Crippen LogP contribution in [0, 0.1) is 0 Å². The Bertz CT molecular complexity index is 292. The molecule has 0 aromatic rings. The van der Waals surface area contributed by atoms with Crippen LogP contribution < -0.4 is 0 Å². The van der Waals surface area contributed by atoms with Gasteiger partial charge in [-0.15, -0.1) is 0 Å². The van der Waals surface area contributed by atoms with Gasteiger partial charge in [-0.25, -0.2) is 8.42 Å². The lowest BCUT2D eigenvalue weighted by molar-refractivity contribution is -0.119. The van der Waals surface area contributed by atoms with Gasteiger partial charge in [0.05, 0.1) is 5.75 Å². The van der Waals surface area contributed by atoms with Gasteiger partial charge in [0.25, 0.3) is 0 Å². The molecule has 1 fully saturated rings. The van der Waals surface area contributed by atoms with Crippen molar-refractivity contribution in [1.29, 1.82) is 0 Å². The molecule has 1 aliphatic carbocycles. The Hall–Kier alpha value is -0.380. The molecule has 1 unspecified atom stereocenters. The molecule has 0 radical (unpaired) electrons. The van der Waals surface area contributed by atoms with E-state index in [2.05, 4.69) is 0 Å². The number of hydrogen-bond donors (Lipinski definition) is 0. The van der Waals surface area contributed by atoms with Crippen LogP contribution in [-0.4, -0.2) is 25.2 Å². The summed E-state index contributed by atoms with van der Waals surface area (Å²) in [5, 5.41) is -0.678. The number of carbonyl (C=O) groups excluding carboxylic acids is 1. The first-order chi connectivity index (χ1) is 6.58. The number of unbranched alkanes of at least 4 members (excludes halogenated alkanes) is 1. The van der Waals surface area contributed by atoms with E-state index in [1.54, 1.807) is 0 Å². The summed E-state index contributed by atoms with van der Waals surface area (Å²) in [5.41, 5.74) is 0. The highest BCUT2D eigenvalue weighted by atomic mass is 32.2. The standard InChI is InChI=1S/C10H18O3S/c1-2-3-8-14(12,13)10-7-5-4-6-9(10)11/h10H,2-8H2,1H3. The number of carbonyl (C=O) groups is 1. The molecule has 0 N–H and O–H groups in total. The van der Waals surface area contributed by atoms with Crippen molar-refractivity contribution < 1.29 is 13.2 Å². The van der Waals surface area contributed by atoms with E-state index in [9.17, 15) is 13.2 Å². The van der Waals surface area contributed by atoms with Crippen molar-refractivity contribution >= 4 is 15.6 Å². The maximum Gasteiger partial charge on any atom is 0.160 e. The molecule has 14 heavy (non-hydrogen) atoms. The molecule has 0 spiro atoms. The quantitative estimate of drug-likeness (QED) is 0.722. The largest absolute Gasteiger partial charge is 0.298 e. The molecule has 3 nitrogen and oxygen atoms in total. The summed E-state index contributed by atoms with van der Waals surface area (Å²) in [6.07, 6.45) is 4.27. The van der Waals surface area contributed by atoms with Gasteiger partial charge < -0.3 is 0 Å². The lowest BCUT2D eigenvalue weighted by Crippen LogP contribution is -2.34. The average molecular weight is 218 g/mol. The summed E-state index contributed by atoms with van der Waals surface area (Å²) in [7, 11) is -3.14. The van der Waals surface area contributed by atoms with Crippen LogP contribution in [0.25, 0.3) is 0 Å². The average Bonchev–Trinajstić information content (AvgIpc) is 2.15. The third-order valence-electron chi connectivity index (χ3n) is 2.71. The molecule has 0 aromatic carbocycles. The summed E-state index contributed by atoms with van der Waals surface area (Å²) >= 11 is 0. The lowest BCUT2D eigenvalue weighted by Gasteiger charge is -2.20. The molecule has 82 valence electrons. The van der Waals surface area contributed by atoms with E-state index in [1.165, 1.54) is 0 Å². The highest BCUT2D eigenvalue weighted by molar-refractivity contribution is 7.92. The fourth-order valence-electron chi connectivity index (χ4n) is 1.82. The predicted octanol–water partition coefficient (Wildman–Crippen LogP) is 1.71. The minimum atomic E-state index is -3.14. The zero-order chi connectivity index (χ0) is 10.6. The molecule has 4 heteroatoms. The first kappa shape index (κ1) is 11.7. The molecular weight excluding hydrogens is 200 g/mol. The van der Waals surface area contributed by atoms with Gasteiger partial charge in [-0.2, -0.15) is 0 Å². The van der Waals surface area contributed by atoms with Crippen LogP contribution in [0.3, 0.4) is 0 Å². The summed E-state index contributed by atoms with van der Waals surface area (Å²) in [6.45, 7) is 1.96. The van der Waals surface area contributed by atoms with Gasteiger partial charge in [-0.1, -0.05) is 19.8 Å². The van der Waals surface area contributed by atoms with Crippen LogP contribution in [0.2, 0.25) is 0 Å². The van der Waals surface area contributed by atoms with E-state index in [1.807, 2.05) is 6.92 Å². The van der Waals surface area contributed by atoms with Crippen molar-refractivity contribution in [2.24, 2.45) is 0 Å². The van der Waals surface area contributed by atoms with Crippen molar-refractivity contribution in [3.63, 3.8) is 0 Å². The molecule has 0 bridgehead atoms. The molecule has 0 aromatic heterocycles. The minimum absolute atomic E-state index is 0.0626. The van der Waals surface area contributed by atoms with Gasteiger partial charge >= 0.3 is 0 Å². The highest BCUT2D eigenvalue weighted by Gasteiger charge is 2.33. The van der Waals surface area contributed by atoms with Gasteiger partial charge in [0.1, 0.15) is 5.25 Å². The third kappa shape index (κ3) is 2.80. The molecule has 1 rings (SSSR count). The Morgan fingerprint density at radius 1 is 1.36 bits per heavy atom. The second-order valence-electron chi connectivity index (χ2n) is 3.92. The van der Waals surface area contributed by atoms with Crippen molar-refractivity contribution in [3.05, 3.63) is 0 Å². The van der Waals surface area contributed by atoms with Gasteiger partial charge in [0.15, 0.2) is 15.6 Å². The smallest absolute Gasteiger partial charge is 0.160 e. The van der Waals surface area contributed by atoms with Gasteiger partial charge in [-0.3, -0.25) is 4.79 Å². The number of Topliss-reactive ketones (excluding diaryl/α,β-unsaturated/α-hetero) is 1. The van der Waals surface area contributed by atoms with Crippen molar-refractivity contribution in [2.45, 2.75) is 50.7 Å². The Kier molecular flexibility index (Phi) is 4.11. The van der Waals surface area contributed by atoms with Crippen molar-refractivity contribution in [2.75, 3.05) is 5.75 Å². The highest BCUT2D eigenvalue weighted by Crippen LogP contribution is 2.22. The first-order valence-electron chi connectivity index (χ1n) is 5.32. The fourth-order valence-corrected chi connectivity index (χ4v) is 3.84. The second kappa shape index (κ2) is 4.91. The van der Waals surface area contributed by atoms with E-state index in [4.69, 9.17) is 0 Å². The molecular formula is C10H18O3S. The number of rotatable bonds is 4. The first-order valence-corrected chi connectivity index (χ1v) is 7.03. The summed E-state index contributed by atoms with van der Waals surface area (Å²) in [5.74, 6) is 0.118. The molecule has 0 heterocycles. The van der Waals surface area contributed by atoms with Crippen LogP contribution in [0.4, 0.5) is 0 Å². The second-order valence-corrected chi connectivity index (χ2v) is 6.22. The molecule has 0 saturated heterocycles. The minimum Gasteiger partial charge on any atom is -0.298 e. The summed E-state index contributed by atoms with van der Waals surface area (Å²) in [6, 6.07) is 0.